The van der Waals surface area contributed by atoms with Gasteiger partial charge in [0.2, 0.25) is 0 Å². The number of hydrogen-bond donors (Lipinski definition) is 0. The molecule has 0 saturated carbocycles. The van der Waals surface area contributed by atoms with Gasteiger partial charge in [0.05, 0.1) is 0 Å². The Morgan fingerprint density at radius 3 is 2.90 bits per heavy atom. The van der Waals surface area contributed by atoms with Gasteiger partial charge in [0.15, 0.2) is 0 Å². The van der Waals surface area contributed by atoms with Crippen LogP contribution in [-0.4, -0.2) is 0 Å². The molecule has 0 radical (unpaired) electrons. The first-order valence-electron chi connectivity index (χ1n) is 3.94. The van der Waals surface area contributed by atoms with Gasteiger partial charge in [-0.25, -0.2) is 0 Å². The van der Waals surface area contributed by atoms with Crippen LogP contribution in [0.5, 0.6) is 0 Å². The molecule has 0 aromatic heterocycles. The normalized spacial score (nSPS) is 16.8. The number of allylic oxidation sites excluding steroid dienone is 4. The molecule has 0 spiro atoms. The van der Waals surface area contributed by atoms with Crippen LogP contribution in [0.1, 0.15) is 32.6 Å². The summed E-state index contributed by atoms with van der Waals surface area (Å²) < 4.78 is 1.72. The van der Waals surface area contributed by atoms with E-state index in [4.69, 9.17) is 0 Å². The van der Waals surface area contributed by atoms with E-state index >= 15 is 0 Å². The first-order valence-corrected chi connectivity index (χ1v) is 5.74. The molecule has 0 N–H and O–H groups in total. The van der Waals surface area contributed by atoms with Crippen LogP contribution >= 0.6 is 0 Å². The Labute approximate surface area is 78.0 Å². The molecular formula is C9H13Hf. The minimum absolute atomic E-state index is 1.26. The van der Waals surface area contributed by atoms with Gasteiger partial charge in [-0.1, -0.05) is 0 Å². The Kier molecular flexibility index (Phi) is 3.61. The van der Waals surface area contributed by atoms with Gasteiger partial charge >= 0.3 is 78.0 Å². The van der Waals surface area contributed by atoms with Crippen molar-refractivity contribution in [2.24, 2.45) is 0 Å². The van der Waals surface area contributed by atoms with E-state index in [2.05, 4.69) is 19.1 Å². The molecule has 0 amide bonds. The van der Waals surface area contributed by atoms with E-state index in [9.17, 15) is 0 Å². The summed E-state index contributed by atoms with van der Waals surface area (Å²) in [6.07, 6.45) is 9.89. The second kappa shape index (κ2) is 4.27. The number of unbranched alkanes of at least 4 members (excludes halogenated alkanes) is 1. The van der Waals surface area contributed by atoms with E-state index < -0.39 is 0 Å². The SMILES string of the molecule is CCCCC1=[C]([Hf])CC=C1. The predicted molar refractivity (Wildman–Crippen MR) is 40.3 cm³/mol. The van der Waals surface area contributed by atoms with Crippen molar-refractivity contribution in [3.8, 4) is 0 Å². The zero-order valence-corrected chi connectivity index (χ0v) is 10.1. The van der Waals surface area contributed by atoms with E-state index in [-0.39, 0.29) is 0 Å². The van der Waals surface area contributed by atoms with E-state index in [0.717, 1.165) is 0 Å². The monoisotopic (exact) mass is 301 g/mol. The Balaban J connectivity index is 2.38. The third-order valence-electron chi connectivity index (χ3n) is 1.83. The molecular weight excluding hydrogens is 287 g/mol. The molecule has 0 aliphatic heterocycles. The summed E-state index contributed by atoms with van der Waals surface area (Å²) in [5.74, 6) is 0. The van der Waals surface area contributed by atoms with Crippen LogP contribution in [0.15, 0.2) is 21.1 Å². The fourth-order valence-corrected chi connectivity index (χ4v) is 2.32. The summed E-state index contributed by atoms with van der Waals surface area (Å²) >= 11 is 1.27. The van der Waals surface area contributed by atoms with Crippen molar-refractivity contribution in [1.29, 1.82) is 0 Å². The van der Waals surface area contributed by atoms with Crippen LogP contribution in [0.2, 0.25) is 0 Å². The average Bonchev–Trinajstić information content (AvgIpc) is 2.31. The quantitative estimate of drug-likeness (QED) is 0.703. The van der Waals surface area contributed by atoms with E-state index in [1.165, 1.54) is 50.1 Å². The molecule has 0 saturated heterocycles. The van der Waals surface area contributed by atoms with Crippen molar-refractivity contribution >= 4 is 0 Å². The van der Waals surface area contributed by atoms with E-state index in [0.29, 0.717) is 0 Å². The molecule has 0 fully saturated rings. The molecule has 53 valence electrons. The molecule has 10 heavy (non-hydrogen) atoms. The van der Waals surface area contributed by atoms with Gasteiger partial charge in [-0.2, -0.15) is 0 Å². The topological polar surface area (TPSA) is 0 Å². The Bertz CT molecular complexity index is 166. The summed E-state index contributed by atoms with van der Waals surface area (Å²) in [4.78, 5) is 0. The van der Waals surface area contributed by atoms with Crippen LogP contribution in [0.3, 0.4) is 0 Å². The van der Waals surface area contributed by atoms with Crippen LogP contribution in [0.4, 0.5) is 0 Å². The van der Waals surface area contributed by atoms with Gasteiger partial charge in [0, 0.05) is 0 Å². The summed E-state index contributed by atoms with van der Waals surface area (Å²) in [6.45, 7) is 2.26. The first kappa shape index (κ1) is 8.45. The zero-order valence-electron chi connectivity index (χ0n) is 6.48. The van der Waals surface area contributed by atoms with E-state index in [1.54, 1.807) is 8.90 Å². The molecule has 0 atom stereocenters. The molecule has 0 aromatic carbocycles. The molecule has 0 nitrogen and oxygen atoms in total. The molecule has 1 heteroatoms. The second-order valence-electron chi connectivity index (χ2n) is 2.71. The van der Waals surface area contributed by atoms with Crippen molar-refractivity contribution in [1.82, 2.24) is 0 Å². The third-order valence-corrected chi connectivity index (χ3v) is 3.72. The first-order chi connectivity index (χ1) is 4.84. The van der Waals surface area contributed by atoms with Gasteiger partial charge in [-0.3, -0.25) is 0 Å². The molecule has 1 aliphatic carbocycles. The summed E-state index contributed by atoms with van der Waals surface area (Å²) in [5.41, 5.74) is 1.65. The van der Waals surface area contributed by atoms with Crippen LogP contribution in [-0.2, 0) is 24.4 Å². The fourth-order valence-electron chi connectivity index (χ4n) is 1.15. The summed E-state index contributed by atoms with van der Waals surface area (Å²) in [5, 5.41) is 0. The average molecular weight is 300 g/mol. The van der Waals surface area contributed by atoms with Crippen molar-refractivity contribution < 1.29 is 24.4 Å². The Hall–Kier alpha value is 0.350. The molecule has 0 unspecified atom stereocenters. The van der Waals surface area contributed by atoms with Crippen molar-refractivity contribution in [2.45, 2.75) is 32.6 Å². The maximum absolute atomic E-state index is 2.32. The summed E-state index contributed by atoms with van der Waals surface area (Å²) in [6, 6.07) is 0. The van der Waals surface area contributed by atoms with Gasteiger partial charge in [-0.15, -0.1) is 0 Å². The molecule has 0 heterocycles. The predicted octanol–water partition coefficient (Wildman–Crippen LogP) is 2.94. The molecule has 0 aromatic rings. The van der Waals surface area contributed by atoms with Crippen LogP contribution in [0, 0.1) is 0 Å². The van der Waals surface area contributed by atoms with Gasteiger partial charge in [0.1, 0.15) is 0 Å². The van der Waals surface area contributed by atoms with Crippen LogP contribution in [0.25, 0.3) is 0 Å². The second-order valence-corrected chi connectivity index (χ2v) is 4.88. The zero-order chi connectivity index (χ0) is 7.40. The Morgan fingerprint density at radius 1 is 1.60 bits per heavy atom. The minimum atomic E-state index is 1.26. The van der Waals surface area contributed by atoms with Crippen molar-refractivity contribution in [3.05, 3.63) is 21.1 Å². The Morgan fingerprint density at radius 2 is 2.40 bits per heavy atom. The van der Waals surface area contributed by atoms with Crippen molar-refractivity contribution in [3.63, 3.8) is 0 Å². The van der Waals surface area contributed by atoms with E-state index in [1.807, 2.05) is 0 Å². The van der Waals surface area contributed by atoms with Crippen molar-refractivity contribution in [2.75, 3.05) is 0 Å². The molecule has 1 rings (SSSR count). The van der Waals surface area contributed by atoms with Gasteiger partial charge < -0.3 is 0 Å². The molecule has 1 aliphatic rings. The number of hydrogen-bond acceptors (Lipinski definition) is 0. The fraction of sp³-hybridized carbons (Fsp3) is 0.556. The maximum atomic E-state index is 2.32. The van der Waals surface area contributed by atoms with Gasteiger partial charge in [0.25, 0.3) is 0 Å². The number of rotatable bonds is 3. The third kappa shape index (κ3) is 2.19. The van der Waals surface area contributed by atoms with Crippen LogP contribution < -0.4 is 0 Å². The van der Waals surface area contributed by atoms with Gasteiger partial charge in [-0.05, 0) is 0 Å². The summed E-state index contributed by atoms with van der Waals surface area (Å²) in [7, 11) is 0. The standard InChI is InChI=1S/C9H13.Hf/c1-2-3-6-9-7-4-5-8-9;/h4,7H,2-3,5-6H2,1H3;. The molecule has 0 bridgehead atoms.